The number of carbonyl (C=O) groups is 6. The number of aryl methyl sites for hydroxylation is 7. The van der Waals surface area contributed by atoms with Crippen LogP contribution < -0.4 is 56.8 Å². The molecule has 0 aliphatic carbocycles. The van der Waals surface area contributed by atoms with Crippen molar-refractivity contribution in [1.29, 1.82) is 0 Å². The fourth-order valence-electron chi connectivity index (χ4n) is 11.3. The minimum Gasteiger partial charge on any atom is -0.487 e. The van der Waals surface area contributed by atoms with Crippen LogP contribution in [0.3, 0.4) is 0 Å². The number of ether oxygens (including phenoxy) is 12. The molecular weight excluding hydrogens is 2110 g/mol. The Bertz CT molecular complexity index is 5550. The lowest BCUT2D eigenvalue weighted by molar-refractivity contribution is -0.135. The molecule has 0 radical (unpaired) electrons. The molecule has 0 saturated heterocycles. The van der Waals surface area contributed by atoms with E-state index in [2.05, 4.69) is 38.5 Å². The topological polar surface area (TPSA) is 213 Å². The van der Waals surface area contributed by atoms with E-state index in [1.165, 1.54) is 84.9 Å². The van der Waals surface area contributed by atoms with Gasteiger partial charge in [-0.3, -0.25) is 28.8 Å². The Balaban J connectivity index is 0.000000224. The number of rotatable bonds is 30. The standard InChI is InChI=1S/C18H18ClFO3.C17H15BrClFO3.C17H15Cl2FO3.C17H15ClF2O3.C17H15ClFIO3.C17H16ClFO3/c1-4-18(21)23-16-7-5-6-11(2)13(16)10-22-17-9-15(20)12(3)8-14(17)19;2*1-3-17(21)23-15-6-4-5-12(18)11(15)9-22-16-8-14(20)10(2)7-13(16)19;1-3-17(21)23-15-6-4-5-13(19)11(15)9-22-16-8-14(20)10(2)7-12(16)18;1-3-17(21)23-15-6-4-5-14(20)11(15)9-22-16-8-13(19)10(2)7-12(16)18;1-3-17(20)22-15-7-5-4-6-12(15)10-21-16-9-14(19)11(2)8-13(16)18/h5-9H,4,10H2,1-3H3;4*4-8H,3,9H2,1-2H3;4-9H,3,10H2,1-2H3. The van der Waals surface area contributed by atoms with Gasteiger partial charge in [0.05, 0.1) is 46.3 Å². The Kier molecular flexibility index (Phi) is 46.3. The van der Waals surface area contributed by atoms with Crippen molar-refractivity contribution in [3.05, 3.63) is 344 Å². The highest BCUT2D eigenvalue weighted by atomic mass is 127. The Morgan fingerprint density at radius 1 is 0.248 bits per heavy atom. The fourth-order valence-corrected chi connectivity index (χ4v) is 14.2. The fraction of sp³-hybridized carbons (Fsp3) is 0.243. The van der Waals surface area contributed by atoms with Gasteiger partial charge in [-0.1, -0.05) is 193 Å². The van der Waals surface area contributed by atoms with E-state index >= 15 is 0 Å². The molecule has 12 rings (SSSR count). The van der Waals surface area contributed by atoms with Crippen LogP contribution in [0.15, 0.2) is 193 Å². The lowest BCUT2D eigenvalue weighted by Gasteiger charge is -2.14. The molecule has 0 saturated carbocycles. The van der Waals surface area contributed by atoms with Crippen LogP contribution in [0.1, 0.15) is 152 Å². The number of benzene rings is 12. The quantitative estimate of drug-likeness (QED) is 0.0177. The summed E-state index contributed by atoms with van der Waals surface area (Å²) in [6.07, 6.45) is 1.50. The molecule has 0 bridgehead atoms. The molecule has 137 heavy (non-hydrogen) atoms. The smallest absolute Gasteiger partial charge is 0.310 e. The second-order valence-electron chi connectivity index (χ2n) is 29.4. The van der Waals surface area contributed by atoms with E-state index in [1.54, 1.807) is 168 Å². The van der Waals surface area contributed by atoms with Crippen molar-refractivity contribution in [3.8, 4) is 69.0 Å². The van der Waals surface area contributed by atoms with Gasteiger partial charge in [-0.15, -0.1) is 0 Å². The third kappa shape index (κ3) is 35.1. The maximum Gasteiger partial charge on any atom is 0.310 e. The second-order valence-corrected chi connectivity index (χ2v) is 34.3. The highest BCUT2D eigenvalue weighted by molar-refractivity contribution is 14.1. The first-order chi connectivity index (χ1) is 65.1. The van der Waals surface area contributed by atoms with E-state index in [4.69, 9.17) is 138 Å². The van der Waals surface area contributed by atoms with Gasteiger partial charge in [0.25, 0.3) is 0 Å². The molecule has 726 valence electrons. The molecule has 0 N–H and O–H groups in total. The molecule has 18 nitrogen and oxygen atoms in total. The molecule has 0 fully saturated rings. The van der Waals surface area contributed by atoms with Crippen molar-refractivity contribution in [2.45, 2.75) is 168 Å². The molecule has 0 unspecified atom stereocenters. The van der Waals surface area contributed by atoms with Crippen LogP contribution in [-0.4, -0.2) is 35.8 Å². The molecule has 0 amide bonds. The summed E-state index contributed by atoms with van der Waals surface area (Å²) in [6, 6.07) is 48.4. The average Bonchev–Trinajstić information content (AvgIpc) is 0.837. The minimum absolute atomic E-state index is 0.00573. The predicted octanol–water partition coefficient (Wildman–Crippen LogP) is 30.6. The first-order valence-electron chi connectivity index (χ1n) is 42.1. The maximum atomic E-state index is 14.0. The van der Waals surface area contributed by atoms with E-state index in [0.717, 1.165) is 25.2 Å². The summed E-state index contributed by atoms with van der Waals surface area (Å²) >= 11 is 48.0. The summed E-state index contributed by atoms with van der Waals surface area (Å²) in [7, 11) is 0. The van der Waals surface area contributed by atoms with E-state index in [0.29, 0.717) is 115 Å². The SMILES string of the molecule is CCC(=O)Oc1cccc(Br)c1COc1cc(F)c(C)cc1Cl.CCC(=O)Oc1cccc(C)c1COc1cc(F)c(C)cc1Cl.CCC(=O)Oc1cccc(Cl)c1COc1cc(F)c(C)cc1Cl.CCC(=O)Oc1cccc(F)c1COc1cc(F)c(C)cc1Cl.CCC(=O)Oc1cccc(I)c1COc1cc(F)c(C)cc1Cl.CCC(=O)Oc1ccccc1COc1cc(F)c(C)cc1Cl. The lowest BCUT2D eigenvalue weighted by Crippen LogP contribution is -2.10. The second kappa shape index (κ2) is 56.2. The summed E-state index contributed by atoms with van der Waals surface area (Å²) in [5.74, 6) is -1.85. The van der Waals surface area contributed by atoms with Gasteiger partial charge in [0.2, 0.25) is 0 Å². The van der Waals surface area contributed by atoms with Crippen LogP contribution in [0, 0.1) is 92.8 Å². The van der Waals surface area contributed by atoms with Gasteiger partial charge >= 0.3 is 35.8 Å². The van der Waals surface area contributed by atoms with Crippen molar-refractivity contribution < 1.29 is 116 Å². The Morgan fingerprint density at radius 2 is 0.496 bits per heavy atom. The van der Waals surface area contributed by atoms with Crippen molar-refractivity contribution >= 4 is 156 Å². The van der Waals surface area contributed by atoms with Gasteiger partial charge < -0.3 is 56.8 Å². The molecule has 0 atom stereocenters. The van der Waals surface area contributed by atoms with Gasteiger partial charge in [0, 0.05) is 105 Å². The molecule has 0 spiro atoms. The van der Waals surface area contributed by atoms with E-state index < -0.39 is 29.2 Å². The molecule has 12 aromatic carbocycles. The molecule has 0 aliphatic heterocycles. The van der Waals surface area contributed by atoms with Gasteiger partial charge in [0.15, 0.2) is 0 Å². The summed E-state index contributed by atoms with van der Waals surface area (Å²) in [5, 5.41) is 2.22. The maximum absolute atomic E-state index is 14.0. The normalized spacial score (nSPS) is 10.5. The minimum atomic E-state index is -0.588. The highest BCUT2D eigenvalue weighted by Crippen LogP contribution is 2.40. The number of esters is 6. The van der Waals surface area contributed by atoms with Gasteiger partial charge in [-0.05, 0) is 207 Å². The van der Waals surface area contributed by atoms with E-state index in [-0.39, 0.29) is 176 Å². The predicted molar refractivity (Wildman–Crippen MR) is 527 cm³/mol. The first kappa shape index (κ1) is 113. The summed E-state index contributed by atoms with van der Waals surface area (Å²) in [4.78, 5) is 68.8. The van der Waals surface area contributed by atoms with Crippen molar-refractivity contribution in [2.75, 3.05) is 0 Å². The summed E-state index contributed by atoms with van der Waals surface area (Å²) in [6.45, 7) is 22.0. The Morgan fingerprint density at radius 3 is 0.854 bits per heavy atom. The Labute approximate surface area is 846 Å². The number of hydrogen-bond acceptors (Lipinski definition) is 18. The van der Waals surface area contributed by atoms with Crippen molar-refractivity contribution in [2.24, 2.45) is 0 Å². The third-order valence-corrected chi connectivity index (χ3v) is 23.1. The van der Waals surface area contributed by atoms with Gasteiger partial charge in [-0.2, -0.15) is 0 Å². The first-order valence-corrected chi connectivity index (χ1v) is 46.6. The number of para-hydroxylation sites is 1. The largest absolute Gasteiger partial charge is 0.487 e. The van der Waals surface area contributed by atoms with Crippen LogP contribution in [0.2, 0.25) is 35.2 Å². The van der Waals surface area contributed by atoms with Crippen LogP contribution in [0.5, 0.6) is 69.0 Å². The summed E-state index contributed by atoms with van der Waals surface area (Å²) < 4.78 is 162. The van der Waals surface area contributed by atoms with Gasteiger partial charge in [-0.25, -0.2) is 30.7 Å². The zero-order chi connectivity index (χ0) is 101. The monoisotopic (exact) mass is 2200 g/mol. The molecule has 0 aromatic heterocycles. The molecular formula is C103H94BrCl7F7IO18. The molecule has 0 aliphatic rings. The Hall–Kier alpha value is -11.0. The van der Waals surface area contributed by atoms with Crippen LogP contribution in [-0.2, 0) is 68.4 Å². The van der Waals surface area contributed by atoms with Crippen LogP contribution in [0.25, 0.3) is 0 Å². The van der Waals surface area contributed by atoms with Crippen molar-refractivity contribution in [1.82, 2.24) is 0 Å². The van der Waals surface area contributed by atoms with E-state index in [1.807, 2.05) is 19.1 Å². The van der Waals surface area contributed by atoms with Gasteiger partial charge in [0.1, 0.15) is 149 Å². The number of carbonyl (C=O) groups excluding carboxylic acids is 6. The lowest BCUT2D eigenvalue weighted by atomic mass is 10.1. The molecule has 34 heteroatoms. The van der Waals surface area contributed by atoms with Crippen LogP contribution >= 0.6 is 120 Å². The summed E-state index contributed by atoms with van der Waals surface area (Å²) in [5.41, 5.74) is 6.85. The third-order valence-electron chi connectivity index (χ3n) is 19.2. The van der Waals surface area contributed by atoms with E-state index in [9.17, 15) is 59.5 Å². The zero-order valence-electron chi connectivity index (χ0n) is 76.3. The van der Waals surface area contributed by atoms with Crippen molar-refractivity contribution in [3.63, 3.8) is 0 Å². The number of halogens is 16. The average molecular weight is 2210 g/mol. The molecule has 0 heterocycles. The molecule has 12 aromatic rings. The highest BCUT2D eigenvalue weighted by Gasteiger charge is 2.23. The number of hydrogen-bond donors (Lipinski definition) is 0. The van der Waals surface area contributed by atoms with Crippen LogP contribution in [0.4, 0.5) is 30.7 Å². The zero-order valence-corrected chi connectivity index (χ0v) is 85.3.